The van der Waals surface area contributed by atoms with Gasteiger partial charge in [-0.1, -0.05) is 0 Å². The fourth-order valence-corrected chi connectivity index (χ4v) is 2.44. The molecule has 2 fully saturated rings. The van der Waals surface area contributed by atoms with Gasteiger partial charge in [0, 0.05) is 33.0 Å². The molecule has 1 amide bonds. The molecule has 6 nitrogen and oxygen atoms in total. The first-order chi connectivity index (χ1) is 9.68. The predicted octanol–water partition coefficient (Wildman–Crippen LogP) is 0.657. The number of rotatable bonds is 8. The van der Waals surface area contributed by atoms with Crippen molar-refractivity contribution in [3.63, 3.8) is 0 Å². The Bertz CT molecular complexity index is 340. The third-order valence-electron chi connectivity index (χ3n) is 3.90. The van der Waals surface area contributed by atoms with E-state index in [4.69, 9.17) is 14.6 Å². The highest BCUT2D eigenvalue weighted by Gasteiger charge is 2.48. The Morgan fingerprint density at radius 1 is 1.25 bits per heavy atom. The molecule has 1 heterocycles. The first-order valence-corrected chi connectivity index (χ1v) is 7.34. The Balaban J connectivity index is 1.44. The molecule has 2 rings (SSSR count). The van der Waals surface area contributed by atoms with Gasteiger partial charge in [0.2, 0.25) is 5.91 Å². The Morgan fingerprint density at radius 3 is 2.65 bits per heavy atom. The summed E-state index contributed by atoms with van der Waals surface area (Å²) in [5, 5.41) is 11.5. The van der Waals surface area contributed by atoms with Crippen LogP contribution in [-0.2, 0) is 19.1 Å². The van der Waals surface area contributed by atoms with Crippen LogP contribution in [0.3, 0.4) is 0 Å². The SMILES string of the molecule is O=C(O)C1CC1C(=O)NCCCOCC1CCOCC1. The van der Waals surface area contributed by atoms with Crippen molar-refractivity contribution in [2.75, 3.05) is 33.0 Å². The maximum atomic E-state index is 11.6. The molecule has 2 atom stereocenters. The van der Waals surface area contributed by atoms with E-state index in [0.29, 0.717) is 25.5 Å². The zero-order valence-corrected chi connectivity index (χ0v) is 11.7. The fraction of sp³-hybridized carbons (Fsp3) is 0.857. The summed E-state index contributed by atoms with van der Waals surface area (Å²) in [5.41, 5.74) is 0. The van der Waals surface area contributed by atoms with E-state index >= 15 is 0 Å². The van der Waals surface area contributed by atoms with Crippen LogP contribution in [0.25, 0.3) is 0 Å². The van der Waals surface area contributed by atoms with E-state index in [9.17, 15) is 9.59 Å². The van der Waals surface area contributed by atoms with Crippen molar-refractivity contribution in [1.82, 2.24) is 5.32 Å². The van der Waals surface area contributed by atoms with Crippen LogP contribution < -0.4 is 5.32 Å². The highest BCUT2D eigenvalue weighted by Crippen LogP contribution is 2.38. The molecule has 0 aromatic heterocycles. The van der Waals surface area contributed by atoms with Gasteiger partial charge in [-0.25, -0.2) is 0 Å². The summed E-state index contributed by atoms with van der Waals surface area (Å²) in [5.74, 6) is -1.21. The number of carboxylic acids is 1. The summed E-state index contributed by atoms with van der Waals surface area (Å²) >= 11 is 0. The normalized spacial score (nSPS) is 26.2. The monoisotopic (exact) mass is 285 g/mol. The van der Waals surface area contributed by atoms with Crippen molar-refractivity contribution in [3.8, 4) is 0 Å². The summed E-state index contributed by atoms with van der Waals surface area (Å²) < 4.78 is 10.9. The molecular weight excluding hydrogens is 262 g/mol. The number of carbonyl (C=O) groups excluding carboxylic acids is 1. The van der Waals surface area contributed by atoms with Gasteiger partial charge in [-0.2, -0.15) is 0 Å². The molecule has 0 aromatic rings. The van der Waals surface area contributed by atoms with Crippen LogP contribution in [0.15, 0.2) is 0 Å². The van der Waals surface area contributed by atoms with Gasteiger partial charge in [-0.15, -0.1) is 0 Å². The van der Waals surface area contributed by atoms with E-state index < -0.39 is 11.9 Å². The molecule has 0 radical (unpaired) electrons. The van der Waals surface area contributed by atoms with E-state index in [0.717, 1.165) is 39.1 Å². The van der Waals surface area contributed by atoms with E-state index in [-0.39, 0.29) is 11.8 Å². The van der Waals surface area contributed by atoms with Gasteiger partial charge in [0.15, 0.2) is 0 Å². The number of ether oxygens (including phenoxy) is 2. The van der Waals surface area contributed by atoms with E-state index in [1.165, 1.54) is 0 Å². The first-order valence-electron chi connectivity index (χ1n) is 7.34. The number of hydrogen-bond donors (Lipinski definition) is 2. The molecule has 20 heavy (non-hydrogen) atoms. The van der Waals surface area contributed by atoms with Crippen molar-refractivity contribution in [2.24, 2.45) is 17.8 Å². The quantitative estimate of drug-likeness (QED) is 0.640. The fourth-order valence-electron chi connectivity index (χ4n) is 2.44. The topological polar surface area (TPSA) is 84.9 Å². The van der Waals surface area contributed by atoms with Gasteiger partial charge in [0.25, 0.3) is 0 Å². The number of nitrogens with one attached hydrogen (secondary N) is 1. The van der Waals surface area contributed by atoms with Crippen LogP contribution in [0, 0.1) is 17.8 Å². The Hall–Kier alpha value is -1.14. The molecule has 1 aliphatic carbocycles. The number of aliphatic carboxylic acids is 1. The maximum Gasteiger partial charge on any atom is 0.307 e. The van der Waals surface area contributed by atoms with Crippen LogP contribution >= 0.6 is 0 Å². The summed E-state index contributed by atoms with van der Waals surface area (Å²) in [6, 6.07) is 0. The molecule has 6 heteroatoms. The molecule has 1 saturated heterocycles. The number of hydrogen-bond acceptors (Lipinski definition) is 4. The van der Waals surface area contributed by atoms with Gasteiger partial charge >= 0.3 is 5.97 Å². The van der Waals surface area contributed by atoms with Gasteiger partial charge in [-0.05, 0) is 31.6 Å². The molecule has 0 bridgehead atoms. The van der Waals surface area contributed by atoms with Crippen molar-refractivity contribution in [1.29, 1.82) is 0 Å². The first kappa shape index (κ1) is 15.3. The van der Waals surface area contributed by atoms with E-state index in [2.05, 4.69) is 5.32 Å². The summed E-state index contributed by atoms with van der Waals surface area (Å²) in [7, 11) is 0. The second kappa shape index (κ2) is 7.59. The van der Waals surface area contributed by atoms with Crippen molar-refractivity contribution in [3.05, 3.63) is 0 Å². The van der Waals surface area contributed by atoms with Crippen molar-refractivity contribution >= 4 is 11.9 Å². The minimum atomic E-state index is -0.870. The third kappa shape index (κ3) is 4.76. The van der Waals surface area contributed by atoms with Crippen LogP contribution in [0.1, 0.15) is 25.7 Å². The van der Waals surface area contributed by atoms with Gasteiger partial charge < -0.3 is 19.9 Å². The lowest BCUT2D eigenvalue weighted by Crippen LogP contribution is -2.28. The second-order valence-electron chi connectivity index (χ2n) is 5.56. The summed E-state index contributed by atoms with van der Waals surface area (Å²) in [4.78, 5) is 22.2. The van der Waals surface area contributed by atoms with Gasteiger partial charge in [-0.3, -0.25) is 9.59 Å². The highest BCUT2D eigenvalue weighted by molar-refractivity contribution is 5.89. The zero-order valence-electron chi connectivity index (χ0n) is 11.7. The van der Waals surface area contributed by atoms with Crippen LogP contribution in [0.5, 0.6) is 0 Å². The molecule has 2 aliphatic rings. The lowest BCUT2D eigenvalue weighted by Gasteiger charge is -2.21. The average Bonchev–Trinajstić information content (AvgIpc) is 3.24. The molecular formula is C14H23NO5. The van der Waals surface area contributed by atoms with Crippen LogP contribution in [0.4, 0.5) is 0 Å². The van der Waals surface area contributed by atoms with Crippen molar-refractivity contribution in [2.45, 2.75) is 25.7 Å². The van der Waals surface area contributed by atoms with E-state index in [1.807, 2.05) is 0 Å². The molecule has 114 valence electrons. The molecule has 2 unspecified atom stereocenters. The minimum absolute atomic E-state index is 0.137. The average molecular weight is 285 g/mol. The summed E-state index contributed by atoms with van der Waals surface area (Å²) in [6.07, 6.45) is 3.37. The van der Waals surface area contributed by atoms with Gasteiger partial charge in [0.05, 0.1) is 11.8 Å². The highest BCUT2D eigenvalue weighted by atomic mass is 16.5. The number of carboxylic acid groups (broad SMARTS) is 1. The predicted molar refractivity (Wildman–Crippen MR) is 71.2 cm³/mol. The van der Waals surface area contributed by atoms with E-state index in [1.54, 1.807) is 0 Å². The zero-order chi connectivity index (χ0) is 14.4. The standard InChI is InChI=1S/C14H23NO5/c16-13(11-8-12(11)14(17)18)15-4-1-5-20-9-10-2-6-19-7-3-10/h10-12H,1-9H2,(H,15,16)(H,17,18). The smallest absolute Gasteiger partial charge is 0.307 e. The molecule has 1 saturated carbocycles. The van der Waals surface area contributed by atoms with Gasteiger partial charge in [0.1, 0.15) is 0 Å². The summed E-state index contributed by atoms with van der Waals surface area (Å²) in [6.45, 7) is 3.60. The minimum Gasteiger partial charge on any atom is -0.481 e. The second-order valence-corrected chi connectivity index (χ2v) is 5.56. The number of amides is 1. The maximum absolute atomic E-state index is 11.6. The third-order valence-corrected chi connectivity index (χ3v) is 3.90. The van der Waals surface area contributed by atoms with Crippen molar-refractivity contribution < 1.29 is 24.2 Å². The molecule has 1 aliphatic heterocycles. The Kier molecular flexibility index (Phi) is 5.79. The van der Waals surface area contributed by atoms with Crippen LogP contribution in [0.2, 0.25) is 0 Å². The Labute approximate surface area is 118 Å². The lowest BCUT2D eigenvalue weighted by molar-refractivity contribution is -0.140. The molecule has 0 spiro atoms. The molecule has 0 aromatic carbocycles. The molecule has 2 N–H and O–H groups in total. The Morgan fingerprint density at radius 2 is 2.00 bits per heavy atom. The lowest BCUT2D eigenvalue weighted by atomic mass is 10.0. The number of carbonyl (C=O) groups is 2. The van der Waals surface area contributed by atoms with Crippen LogP contribution in [-0.4, -0.2) is 50.0 Å². The largest absolute Gasteiger partial charge is 0.481 e.